The van der Waals surface area contributed by atoms with E-state index >= 15 is 0 Å². The number of carbonyl (C=O) groups is 1. The molecule has 1 aliphatic rings. The van der Waals surface area contributed by atoms with E-state index in [0.29, 0.717) is 49.8 Å². The SMILES string of the molecule is CN(Cc1c(Cl)cccc1Cl)C(=O)c1ccc(Nc2cc(-c3ccccc3F)nc3cc(C4CC4)nn23)cc1. The van der Waals surface area contributed by atoms with E-state index in [-0.39, 0.29) is 18.3 Å². The summed E-state index contributed by atoms with van der Waals surface area (Å²) in [6.45, 7) is 0.286. The minimum absolute atomic E-state index is 0.160. The molecule has 0 spiro atoms. The van der Waals surface area contributed by atoms with Gasteiger partial charge < -0.3 is 10.2 Å². The zero-order valence-corrected chi connectivity index (χ0v) is 22.5. The average Bonchev–Trinajstić information content (AvgIpc) is 3.69. The molecule has 0 unspecified atom stereocenters. The monoisotopic (exact) mass is 559 g/mol. The van der Waals surface area contributed by atoms with Gasteiger partial charge in [-0.25, -0.2) is 9.37 Å². The van der Waals surface area contributed by atoms with E-state index in [2.05, 4.69) is 5.32 Å². The van der Waals surface area contributed by atoms with Crippen molar-refractivity contribution in [3.05, 3.63) is 112 Å². The Morgan fingerprint density at radius 2 is 1.74 bits per heavy atom. The van der Waals surface area contributed by atoms with Crippen LogP contribution in [0.1, 0.15) is 40.4 Å². The van der Waals surface area contributed by atoms with Crippen LogP contribution in [0.3, 0.4) is 0 Å². The van der Waals surface area contributed by atoms with Crippen LogP contribution in [0.5, 0.6) is 0 Å². The molecule has 0 saturated heterocycles. The molecular formula is C30H24Cl2FN5O. The van der Waals surface area contributed by atoms with Crippen molar-refractivity contribution in [1.82, 2.24) is 19.5 Å². The Labute approximate surface area is 235 Å². The number of halogens is 3. The third-order valence-corrected chi connectivity index (χ3v) is 7.51. The number of fused-ring (bicyclic) bond motifs is 1. The number of hydrogen-bond acceptors (Lipinski definition) is 4. The third-order valence-electron chi connectivity index (χ3n) is 6.80. The third kappa shape index (κ3) is 5.20. The van der Waals surface area contributed by atoms with Gasteiger partial charge in [-0.15, -0.1) is 0 Å². The van der Waals surface area contributed by atoms with Gasteiger partial charge in [0.25, 0.3) is 5.91 Å². The normalized spacial score (nSPS) is 13.0. The second-order valence-corrected chi connectivity index (χ2v) is 10.5. The number of nitrogens with one attached hydrogen (secondary N) is 1. The van der Waals surface area contributed by atoms with Crippen LogP contribution < -0.4 is 5.32 Å². The smallest absolute Gasteiger partial charge is 0.253 e. The summed E-state index contributed by atoms with van der Waals surface area (Å²) in [5, 5.41) is 9.18. The first-order chi connectivity index (χ1) is 18.9. The van der Waals surface area contributed by atoms with Gasteiger partial charge in [0, 0.05) is 64.1 Å². The van der Waals surface area contributed by atoms with Crippen LogP contribution in [-0.2, 0) is 6.54 Å². The lowest BCUT2D eigenvalue weighted by Crippen LogP contribution is -2.26. The Morgan fingerprint density at radius 1 is 1.03 bits per heavy atom. The zero-order valence-electron chi connectivity index (χ0n) is 21.0. The Kier molecular flexibility index (Phi) is 6.71. The van der Waals surface area contributed by atoms with E-state index in [0.717, 1.165) is 24.2 Å². The fourth-order valence-corrected chi connectivity index (χ4v) is 5.04. The summed E-state index contributed by atoms with van der Waals surface area (Å²) in [6, 6.07) is 22.8. The largest absolute Gasteiger partial charge is 0.340 e. The molecular weight excluding hydrogens is 536 g/mol. The first-order valence-electron chi connectivity index (χ1n) is 12.6. The summed E-state index contributed by atoms with van der Waals surface area (Å²) < 4.78 is 16.4. The molecule has 39 heavy (non-hydrogen) atoms. The van der Waals surface area contributed by atoms with Crippen molar-refractivity contribution in [2.24, 2.45) is 0 Å². The second-order valence-electron chi connectivity index (χ2n) is 9.68. The molecule has 0 atom stereocenters. The van der Waals surface area contributed by atoms with Crippen molar-refractivity contribution in [2.75, 3.05) is 12.4 Å². The van der Waals surface area contributed by atoms with Gasteiger partial charge in [0.05, 0.1) is 11.4 Å². The van der Waals surface area contributed by atoms with E-state index in [1.165, 1.54) is 6.07 Å². The fourth-order valence-electron chi connectivity index (χ4n) is 4.52. The van der Waals surface area contributed by atoms with Crippen molar-refractivity contribution in [1.29, 1.82) is 0 Å². The van der Waals surface area contributed by atoms with E-state index < -0.39 is 0 Å². The van der Waals surface area contributed by atoms with Gasteiger partial charge in [-0.3, -0.25) is 4.79 Å². The Morgan fingerprint density at radius 3 is 2.44 bits per heavy atom. The molecule has 6 rings (SSSR count). The van der Waals surface area contributed by atoms with Crippen molar-refractivity contribution >= 4 is 46.3 Å². The van der Waals surface area contributed by atoms with Gasteiger partial charge in [0.15, 0.2) is 5.65 Å². The Bertz CT molecular complexity index is 1680. The van der Waals surface area contributed by atoms with Crippen molar-refractivity contribution in [2.45, 2.75) is 25.3 Å². The molecule has 1 fully saturated rings. The first-order valence-corrected chi connectivity index (χ1v) is 13.3. The van der Waals surface area contributed by atoms with Crippen molar-refractivity contribution < 1.29 is 9.18 Å². The van der Waals surface area contributed by atoms with E-state index in [4.69, 9.17) is 33.3 Å². The summed E-state index contributed by atoms with van der Waals surface area (Å²) in [4.78, 5) is 19.4. The molecule has 196 valence electrons. The molecule has 0 bridgehead atoms. The maximum absolute atomic E-state index is 14.6. The number of amides is 1. The van der Waals surface area contributed by atoms with Crippen molar-refractivity contribution in [3.8, 4) is 11.3 Å². The molecule has 3 aromatic carbocycles. The van der Waals surface area contributed by atoms with Gasteiger partial charge in [-0.05, 0) is 61.4 Å². The molecule has 0 radical (unpaired) electrons. The molecule has 9 heteroatoms. The minimum atomic E-state index is -0.340. The Hall–Kier alpha value is -3.94. The van der Waals surface area contributed by atoms with E-state index in [9.17, 15) is 9.18 Å². The molecule has 2 heterocycles. The number of hydrogen-bond donors (Lipinski definition) is 1. The van der Waals surface area contributed by atoms with Gasteiger partial charge in [-0.2, -0.15) is 9.61 Å². The summed E-state index contributed by atoms with van der Waals surface area (Å²) in [5.74, 6) is 0.591. The number of nitrogens with zero attached hydrogens (tertiary/aromatic N) is 4. The quantitative estimate of drug-likeness (QED) is 0.221. The maximum Gasteiger partial charge on any atom is 0.253 e. The highest BCUT2D eigenvalue weighted by atomic mass is 35.5. The molecule has 1 aliphatic carbocycles. The van der Waals surface area contributed by atoms with Crippen LogP contribution in [0.25, 0.3) is 16.9 Å². The molecule has 5 aromatic rings. The predicted molar refractivity (Wildman–Crippen MR) is 152 cm³/mol. The standard InChI is InChI=1S/C30H24Cl2FN5O/c1-37(17-22-23(31)6-4-7-24(22)32)30(39)19-11-13-20(14-12-19)34-28-16-27(21-5-2-3-8-25(21)33)35-29-15-26(18-9-10-18)36-38(28)29/h2-8,11-16,18,34H,9-10,17H2,1H3. The number of aromatic nitrogens is 3. The average molecular weight is 560 g/mol. The number of rotatable bonds is 7. The summed E-state index contributed by atoms with van der Waals surface area (Å²) in [7, 11) is 1.71. The van der Waals surface area contributed by atoms with Crippen LogP contribution >= 0.6 is 23.2 Å². The van der Waals surface area contributed by atoms with E-state index in [1.54, 1.807) is 71.1 Å². The first kappa shape index (κ1) is 25.3. The van der Waals surface area contributed by atoms with Gasteiger partial charge >= 0.3 is 0 Å². The molecule has 1 amide bonds. The topological polar surface area (TPSA) is 62.5 Å². The highest BCUT2D eigenvalue weighted by Gasteiger charge is 2.27. The van der Waals surface area contributed by atoms with Crippen LogP contribution in [-0.4, -0.2) is 32.5 Å². The summed E-state index contributed by atoms with van der Waals surface area (Å²) in [6.07, 6.45) is 2.22. The number of benzene rings is 3. The minimum Gasteiger partial charge on any atom is -0.340 e. The highest BCUT2D eigenvalue weighted by molar-refractivity contribution is 6.36. The molecule has 1 saturated carbocycles. The summed E-state index contributed by atoms with van der Waals surface area (Å²) in [5.41, 5.74) is 4.53. The highest BCUT2D eigenvalue weighted by Crippen LogP contribution is 2.40. The fraction of sp³-hybridized carbons (Fsp3) is 0.167. The molecule has 0 aliphatic heterocycles. The lowest BCUT2D eigenvalue weighted by atomic mass is 10.1. The maximum atomic E-state index is 14.6. The van der Waals surface area contributed by atoms with Gasteiger partial charge in [0.2, 0.25) is 0 Å². The lowest BCUT2D eigenvalue weighted by Gasteiger charge is -2.19. The predicted octanol–water partition coefficient (Wildman–Crippen LogP) is 7.74. The van der Waals surface area contributed by atoms with E-state index in [1.807, 2.05) is 18.2 Å². The van der Waals surface area contributed by atoms with Gasteiger partial charge in [-0.1, -0.05) is 41.4 Å². The van der Waals surface area contributed by atoms with Crippen LogP contribution in [0, 0.1) is 5.82 Å². The second kappa shape index (κ2) is 10.3. The van der Waals surface area contributed by atoms with Crippen LogP contribution in [0.15, 0.2) is 78.9 Å². The van der Waals surface area contributed by atoms with Crippen LogP contribution in [0.4, 0.5) is 15.9 Å². The molecule has 1 N–H and O–H groups in total. The van der Waals surface area contributed by atoms with Crippen LogP contribution in [0.2, 0.25) is 10.0 Å². The van der Waals surface area contributed by atoms with Crippen molar-refractivity contribution in [3.63, 3.8) is 0 Å². The molecule has 6 nitrogen and oxygen atoms in total. The molecule has 2 aromatic heterocycles. The Balaban J connectivity index is 1.27. The zero-order chi connectivity index (χ0) is 27.1. The lowest BCUT2D eigenvalue weighted by molar-refractivity contribution is 0.0785. The van der Waals surface area contributed by atoms with Gasteiger partial charge in [0.1, 0.15) is 11.6 Å². The summed E-state index contributed by atoms with van der Waals surface area (Å²) >= 11 is 12.6. The number of anilines is 2. The number of carbonyl (C=O) groups excluding carboxylic acids is 1.